The third kappa shape index (κ3) is 3.34. The molecule has 1 aromatic rings. The first kappa shape index (κ1) is 13.1. The first-order valence-electron chi connectivity index (χ1n) is 5.96. The van der Waals surface area contributed by atoms with Crippen LogP contribution in [0.5, 0.6) is 5.75 Å². The molecule has 1 saturated heterocycles. The van der Waals surface area contributed by atoms with Crippen molar-refractivity contribution < 1.29 is 9.66 Å². The first-order chi connectivity index (χ1) is 8.66. The lowest BCUT2D eigenvalue weighted by atomic mass is 10.3. The quantitative estimate of drug-likeness (QED) is 0.610. The third-order valence-corrected chi connectivity index (χ3v) is 3.30. The standard InChI is InChI=1S/C12H15ClN2O3/c13-11-4-3-10(15(16)17)9-12(11)18-8-7-14-5-1-2-6-14/h3-4,9H,1-2,5-8H2. The maximum atomic E-state index is 10.6. The van der Waals surface area contributed by atoms with Crippen molar-refractivity contribution in [2.45, 2.75) is 12.8 Å². The number of ether oxygens (including phenoxy) is 1. The van der Waals surface area contributed by atoms with Gasteiger partial charge >= 0.3 is 0 Å². The maximum absolute atomic E-state index is 10.6. The van der Waals surface area contributed by atoms with E-state index in [1.165, 1.54) is 31.0 Å². The molecule has 0 amide bonds. The smallest absolute Gasteiger partial charge is 0.273 e. The lowest BCUT2D eigenvalue weighted by Gasteiger charge is -2.15. The summed E-state index contributed by atoms with van der Waals surface area (Å²) in [6.45, 7) is 3.54. The highest BCUT2D eigenvalue weighted by Crippen LogP contribution is 2.28. The molecule has 1 fully saturated rings. The van der Waals surface area contributed by atoms with Gasteiger partial charge in [0.25, 0.3) is 5.69 Å². The highest BCUT2D eigenvalue weighted by molar-refractivity contribution is 6.32. The van der Waals surface area contributed by atoms with E-state index in [-0.39, 0.29) is 5.69 Å². The third-order valence-electron chi connectivity index (χ3n) is 2.99. The van der Waals surface area contributed by atoms with Crippen LogP contribution >= 0.6 is 11.6 Å². The van der Waals surface area contributed by atoms with Crippen LogP contribution in [0, 0.1) is 10.1 Å². The number of nitro benzene ring substituents is 1. The van der Waals surface area contributed by atoms with Crippen molar-refractivity contribution in [1.82, 2.24) is 4.90 Å². The van der Waals surface area contributed by atoms with Gasteiger partial charge in [-0.15, -0.1) is 0 Å². The topological polar surface area (TPSA) is 55.6 Å². The second-order valence-corrected chi connectivity index (χ2v) is 4.68. The molecule has 0 atom stereocenters. The van der Waals surface area contributed by atoms with Crippen LogP contribution in [0.3, 0.4) is 0 Å². The van der Waals surface area contributed by atoms with Gasteiger partial charge in [0.1, 0.15) is 12.4 Å². The highest BCUT2D eigenvalue weighted by atomic mass is 35.5. The molecule has 0 radical (unpaired) electrons. The molecular weight excluding hydrogens is 256 g/mol. The fraction of sp³-hybridized carbons (Fsp3) is 0.500. The van der Waals surface area contributed by atoms with Crippen LogP contribution in [-0.4, -0.2) is 36.1 Å². The Balaban J connectivity index is 1.91. The molecule has 0 aliphatic carbocycles. The van der Waals surface area contributed by atoms with Crippen molar-refractivity contribution in [3.05, 3.63) is 33.3 Å². The van der Waals surface area contributed by atoms with Crippen molar-refractivity contribution in [3.63, 3.8) is 0 Å². The average molecular weight is 271 g/mol. The summed E-state index contributed by atoms with van der Waals surface area (Å²) in [7, 11) is 0. The molecule has 98 valence electrons. The number of benzene rings is 1. The lowest BCUT2D eigenvalue weighted by Crippen LogP contribution is -2.25. The predicted octanol–water partition coefficient (Wildman–Crippen LogP) is 2.72. The van der Waals surface area contributed by atoms with Gasteiger partial charge in [0.2, 0.25) is 0 Å². The van der Waals surface area contributed by atoms with E-state index in [4.69, 9.17) is 16.3 Å². The fourth-order valence-corrected chi connectivity index (χ4v) is 2.18. The largest absolute Gasteiger partial charge is 0.490 e. The minimum atomic E-state index is -0.455. The monoisotopic (exact) mass is 270 g/mol. The van der Waals surface area contributed by atoms with Gasteiger partial charge in [-0.05, 0) is 32.0 Å². The van der Waals surface area contributed by atoms with Gasteiger partial charge in [-0.25, -0.2) is 0 Å². The van der Waals surface area contributed by atoms with Crippen LogP contribution in [0.25, 0.3) is 0 Å². The normalized spacial score (nSPS) is 15.8. The van der Waals surface area contributed by atoms with Crippen molar-refractivity contribution in [1.29, 1.82) is 0 Å². The van der Waals surface area contributed by atoms with Gasteiger partial charge in [-0.1, -0.05) is 11.6 Å². The summed E-state index contributed by atoms with van der Waals surface area (Å²) in [4.78, 5) is 12.5. The van der Waals surface area contributed by atoms with E-state index in [1.54, 1.807) is 0 Å². The Bertz CT molecular complexity index is 433. The van der Waals surface area contributed by atoms with Gasteiger partial charge in [0.05, 0.1) is 16.0 Å². The summed E-state index contributed by atoms with van der Waals surface area (Å²) < 4.78 is 5.51. The van der Waals surface area contributed by atoms with Crippen LogP contribution < -0.4 is 4.74 Å². The van der Waals surface area contributed by atoms with Crippen molar-refractivity contribution in [2.75, 3.05) is 26.2 Å². The van der Waals surface area contributed by atoms with E-state index < -0.39 is 4.92 Å². The number of rotatable bonds is 5. The molecule has 0 spiro atoms. The molecule has 0 bridgehead atoms. The molecule has 1 aliphatic heterocycles. The van der Waals surface area contributed by atoms with Crippen LogP contribution in [0.4, 0.5) is 5.69 Å². The summed E-state index contributed by atoms with van der Waals surface area (Å²) in [6.07, 6.45) is 2.47. The number of hydrogen-bond acceptors (Lipinski definition) is 4. The van der Waals surface area contributed by atoms with Crippen molar-refractivity contribution in [3.8, 4) is 5.75 Å². The molecule has 0 aromatic heterocycles. The predicted molar refractivity (Wildman–Crippen MR) is 69.3 cm³/mol. The molecule has 0 N–H and O–H groups in total. The second kappa shape index (κ2) is 6.02. The van der Waals surface area contributed by atoms with Crippen LogP contribution in [0.15, 0.2) is 18.2 Å². The molecule has 1 aromatic carbocycles. The molecule has 0 unspecified atom stereocenters. The Labute approximate surface area is 110 Å². The first-order valence-corrected chi connectivity index (χ1v) is 6.34. The Hall–Kier alpha value is -1.33. The van der Waals surface area contributed by atoms with E-state index in [9.17, 15) is 10.1 Å². The summed E-state index contributed by atoms with van der Waals surface area (Å²) in [5.41, 5.74) is -0.00410. The Morgan fingerprint density at radius 2 is 2.11 bits per heavy atom. The van der Waals surface area contributed by atoms with Gasteiger partial charge < -0.3 is 4.74 Å². The zero-order chi connectivity index (χ0) is 13.0. The fourth-order valence-electron chi connectivity index (χ4n) is 2.01. The summed E-state index contributed by atoms with van der Waals surface area (Å²) in [6, 6.07) is 4.23. The Kier molecular flexibility index (Phi) is 4.38. The molecule has 2 rings (SSSR count). The molecule has 5 nitrogen and oxygen atoms in total. The summed E-state index contributed by atoms with van der Waals surface area (Å²) in [5, 5.41) is 11.1. The van der Waals surface area contributed by atoms with E-state index >= 15 is 0 Å². The number of nitro groups is 1. The summed E-state index contributed by atoms with van der Waals surface area (Å²) >= 11 is 5.94. The molecule has 18 heavy (non-hydrogen) atoms. The molecule has 0 saturated carbocycles. The SMILES string of the molecule is O=[N+]([O-])c1ccc(Cl)c(OCCN2CCCC2)c1. The molecule has 1 heterocycles. The van der Waals surface area contributed by atoms with Gasteiger partial charge in [0.15, 0.2) is 0 Å². The minimum absolute atomic E-state index is 0.00410. The molecule has 1 aliphatic rings. The number of halogens is 1. The molecular formula is C12H15ClN2O3. The average Bonchev–Trinajstić information content (AvgIpc) is 2.84. The highest BCUT2D eigenvalue weighted by Gasteiger charge is 2.13. The van der Waals surface area contributed by atoms with E-state index in [1.807, 2.05) is 0 Å². The van der Waals surface area contributed by atoms with E-state index in [2.05, 4.69) is 4.90 Å². The van der Waals surface area contributed by atoms with E-state index in [0.29, 0.717) is 17.4 Å². The minimum Gasteiger partial charge on any atom is -0.490 e. The zero-order valence-electron chi connectivity index (χ0n) is 9.97. The van der Waals surface area contributed by atoms with Crippen molar-refractivity contribution in [2.24, 2.45) is 0 Å². The van der Waals surface area contributed by atoms with Crippen LogP contribution in [-0.2, 0) is 0 Å². The van der Waals surface area contributed by atoms with Gasteiger partial charge in [-0.3, -0.25) is 15.0 Å². The van der Waals surface area contributed by atoms with Gasteiger partial charge in [0, 0.05) is 12.6 Å². The van der Waals surface area contributed by atoms with Crippen LogP contribution in [0.2, 0.25) is 5.02 Å². The van der Waals surface area contributed by atoms with Crippen LogP contribution in [0.1, 0.15) is 12.8 Å². The number of likely N-dealkylation sites (tertiary alicyclic amines) is 1. The summed E-state index contributed by atoms with van der Waals surface area (Å²) in [5.74, 6) is 0.380. The number of non-ortho nitro benzene ring substituents is 1. The lowest BCUT2D eigenvalue weighted by molar-refractivity contribution is -0.384. The number of nitrogens with zero attached hydrogens (tertiary/aromatic N) is 2. The zero-order valence-corrected chi connectivity index (χ0v) is 10.7. The second-order valence-electron chi connectivity index (χ2n) is 4.27. The number of hydrogen-bond donors (Lipinski definition) is 0. The Morgan fingerprint density at radius 3 is 2.78 bits per heavy atom. The van der Waals surface area contributed by atoms with Crippen molar-refractivity contribution >= 4 is 17.3 Å². The Morgan fingerprint density at radius 1 is 1.39 bits per heavy atom. The van der Waals surface area contributed by atoms with Gasteiger partial charge in [-0.2, -0.15) is 0 Å². The van der Waals surface area contributed by atoms with E-state index in [0.717, 1.165) is 19.6 Å². The maximum Gasteiger partial charge on any atom is 0.273 e. The molecule has 6 heteroatoms.